The summed E-state index contributed by atoms with van der Waals surface area (Å²) >= 11 is 0. The Kier molecular flexibility index (Phi) is 106. The van der Waals surface area contributed by atoms with Crippen LogP contribution in [0.1, 0.15) is 409 Å². The Bertz CT molecular complexity index is 1220. The van der Waals surface area contributed by atoms with E-state index in [4.69, 9.17) is 42.6 Å². The lowest BCUT2D eigenvalue weighted by Crippen LogP contribution is -2.34. The van der Waals surface area contributed by atoms with Crippen molar-refractivity contribution in [3.05, 3.63) is 0 Å². The van der Waals surface area contributed by atoms with E-state index in [0.717, 1.165) is 178 Å². The van der Waals surface area contributed by atoms with Gasteiger partial charge in [-0.2, -0.15) is 0 Å². The van der Waals surface area contributed by atoms with E-state index in [1.807, 2.05) is 0 Å². The molecule has 12 heteroatoms. The van der Waals surface area contributed by atoms with E-state index in [0.29, 0.717) is 0 Å². The Morgan fingerprint density at radius 3 is 0.304 bits per heavy atom. The molecule has 0 atom stereocenters. The van der Waals surface area contributed by atoms with Crippen molar-refractivity contribution in [1.29, 1.82) is 0 Å². The Labute approximate surface area is 641 Å². The first-order valence-electron chi connectivity index (χ1n) is 45.9. The maximum Gasteiger partial charge on any atom is 0.0593 e. The Morgan fingerprint density at radius 2 is 0.196 bits per heavy atom. The maximum atomic E-state index is 6.00. The fourth-order valence-corrected chi connectivity index (χ4v) is 12.5. The summed E-state index contributed by atoms with van der Waals surface area (Å²) in [4.78, 5) is 7.38. The van der Waals surface area contributed by atoms with Gasteiger partial charge in [-0.15, -0.1) is 0 Å². The number of ether oxygens (including phenoxy) is 9. The fraction of sp³-hybridized carbons (Fsp3) is 1.00. The van der Waals surface area contributed by atoms with Gasteiger partial charge in [0.05, 0.1) is 59.5 Å². The van der Waals surface area contributed by atoms with E-state index in [1.165, 1.54) is 347 Å². The van der Waals surface area contributed by atoms with E-state index < -0.39 is 0 Å². The molecule has 0 saturated carbocycles. The molecule has 0 heterocycles. The first kappa shape index (κ1) is 106. The normalized spacial score (nSPS) is 11.6. The molecule has 0 aliphatic carbocycles. The average molecular weight is 1460 g/mol. The molecule has 0 aromatic heterocycles. The van der Waals surface area contributed by atoms with Gasteiger partial charge in [0.2, 0.25) is 0 Å². The molecule has 0 aliphatic rings. The lowest BCUT2D eigenvalue weighted by molar-refractivity contribution is 0.0504. The lowest BCUT2D eigenvalue weighted by Gasteiger charge is -2.22. The van der Waals surface area contributed by atoms with Crippen LogP contribution in [0.15, 0.2) is 0 Å². The smallest absolute Gasteiger partial charge is 0.0593 e. The zero-order valence-corrected chi connectivity index (χ0v) is 71.3. The summed E-state index contributed by atoms with van der Waals surface area (Å²) in [5.74, 6) is 0. The van der Waals surface area contributed by atoms with Crippen LogP contribution in [-0.2, 0) is 42.6 Å². The minimum Gasteiger partial charge on any atom is -0.380 e. The molecule has 0 N–H and O–H groups in total. The molecule has 0 bridgehead atoms. The largest absolute Gasteiger partial charge is 0.380 e. The van der Waals surface area contributed by atoms with E-state index in [9.17, 15) is 0 Å². The van der Waals surface area contributed by atoms with Gasteiger partial charge >= 0.3 is 0 Å². The zero-order valence-electron chi connectivity index (χ0n) is 71.3. The summed E-state index contributed by atoms with van der Waals surface area (Å²) in [5, 5.41) is 0. The van der Waals surface area contributed by atoms with Gasteiger partial charge in [-0.05, 0) is 57.8 Å². The maximum absolute atomic E-state index is 6.00. The van der Waals surface area contributed by atoms with E-state index >= 15 is 0 Å². The van der Waals surface area contributed by atoms with Crippen molar-refractivity contribution in [2.75, 3.05) is 178 Å². The van der Waals surface area contributed by atoms with Crippen molar-refractivity contribution in [2.45, 2.75) is 409 Å². The highest BCUT2D eigenvalue weighted by Crippen LogP contribution is 2.14. The molecule has 0 spiro atoms. The molecular formula is C90H189N3O9. The van der Waals surface area contributed by atoms with E-state index in [1.54, 1.807) is 0 Å². The Hall–Kier alpha value is -0.480. The van der Waals surface area contributed by atoms with Crippen LogP contribution in [-0.4, -0.2) is 193 Å². The fourth-order valence-electron chi connectivity index (χ4n) is 12.5. The van der Waals surface area contributed by atoms with Crippen molar-refractivity contribution in [3.63, 3.8) is 0 Å². The van der Waals surface area contributed by atoms with Crippen LogP contribution in [0.2, 0.25) is 0 Å². The lowest BCUT2D eigenvalue weighted by atomic mass is 10.1. The van der Waals surface area contributed by atoms with Crippen LogP contribution in [0.5, 0.6) is 0 Å². The first-order chi connectivity index (χ1) is 50.5. The molecule has 0 aromatic rings. The second-order valence-electron chi connectivity index (χ2n) is 29.9. The number of hydrogen-bond donors (Lipinski definition) is 0. The van der Waals surface area contributed by atoms with Crippen molar-refractivity contribution >= 4 is 0 Å². The molecule has 0 unspecified atom stereocenters. The minimum absolute atomic E-state index is 0.819. The third-order valence-electron chi connectivity index (χ3n) is 19.7. The summed E-state index contributed by atoms with van der Waals surface area (Å²) in [6.07, 6.45) is 71.5. The van der Waals surface area contributed by atoms with Crippen LogP contribution < -0.4 is 0 Å². The minimum atomic E-state index is 0.819. The van der Waals surface area contributed by atoms with E-state index in [2.05, 4.69) is 77.0 Å². The highest BCUT2D eigenvalue weighted by atomic mass is 16.5. The van der Waals surface area contributed by atoms with Crippen LogP contribution in [0.4, 0.5) is 0 Å². The van der Waals surface area contributed by atoms with Crippen LogP contribution >= 0.6 is 0 Å². The number of nitrogens with zero attached hydrogens (tertiary/aromatic N) is 3. The van der Waals surface area contributed by atoms with Gasteiger partial charge in [-0.25, -0.2) is 0 Å². The SMILES string of the molecule is CCCCCCCCCCOCCN(CCOCCCCCCCCCC)CCOCCCCCCCCCC.CCCCCCCCOCCN(CCOCCCCCCCC)CCOCCCCCCCC.CCCCCCOCCN(CCOCCCCCC)CCOCCCCCC. The average Bonchev–Trinajstić information content (AvgIpc) is 2.10. The van der Waals surface area contributed by atoms with Crippen molar-refractivity contribution in [1.82, 2.24) is 14.7 Å². The third kappa shape index (κ3) is 99.5. The number of rotatable bonds is 90. The summed E-state index contributed by atoms with van der Waals surface area (Å²) in [7, 11) is 0. The van der Waals surface area contributed by atoms with Gasteiger partial charge in [0.25, 0.3) is 0 Å². The molecular weight excluding hydrogens is 1270 g/mol. The predicted molar refractivity (Wildman–Crippen MR) is 447 cm³/mol. The van der Waals surface area contributed by atoms with Gasteiger partial charge in [0.15, 0.2) is 0 Å². The first-order valence-corrected chi connectivity index (χ1v) is 45.9. The Morgan fingerprint density at radius 1 is 0.108 bits per heavy atom. The van der Waals surface area contributed by atoms with Crippen LogP contribution in [0, 0.1) is 0 Å². The highest BCUT2D eigenvalue weighted by molar-refractivity contribution is 4.62. The zero-order chi connectivity index (χ0) is 74.4. The molecule has 0 rings (SSSR count). The molecule has 618 valence electrons. The molecule has 0 aromatic carbocycles. The predicted octanol–water partition coefficient (Wildman–Crippen LogP) is 25.3. The van der Waals surface area contributed by atoms with Gasteiger partial charge in [0, 0.05) is 118 Å². The van der Waals surface area contributed by atoms with Gasteiger partial charge in [-0.3, -0.25) is 14.7 Å². The summed E-state index contributed by atoms with van der Waals surface area (Å²) in [6.45, 7) is 44.8. The molecule has 0 saturated heterocycles. The summed E-state index contributed by atoms with van der Waals surface area (Å²) in [6, 6.07) is 0. The van der Waals surface area contributed by atoms with Crippen LogP contribution in [0.3, 0.4) is 0 Å². The number of hydrogen-bond acceptors (Lipinski definition) is 12. The molecule has 0 aliphatic heterocycles. The molecule has 0 radical (unpaired) electrons. The van der Waals surface area contributed by atoms with Gasteiger partial charge in [-0.1, -0.05) is 351 Å². The third-order valence-corrected chi connectivity index (χ3v) is 19.7. The standard InChI is InChI=1S/C36H75NO3.C30H63NO3.C24H51NO3/c1-4-7-10-13-16-19-22-25-31-38-34-28-37(29-35-39-32-26-23-20-17-14-11-8-5-2)30-36-40-33-27-24-21-18-15-12-9-6-3;1-4-7-10-13-16-19-25-32-28-22-31(23-29-33-26-20-17-14-11-8-5-2)24-30-34-27-21-18-15-12-9-6-3;1-4-7-10-13-19-26-22-16-25(17-23-27-20-14-11-8-5-2)18-24-28-21-15-12-9-6-3/h4-36H2,1-3H3;4-30H2,1-3H3;4-24H2,1-3H3. The second kappa shape index (κ2) is 103. The molecule has 12 nitrogen and oxygen atoms in total. The molecule has 0 fully saturated rings. The quantitative estimate of drug-likeness (QED) is 0.0543. The van der Waals surface area contributed by atoms with Crippen LogP contribution in [0.25, 0.3) is 0 Å². The van der Waals surface area contributed by atoms with Crippen molar-refractivity contribution in [3.8, 4) is 0 Å². The second-order valence-corrected chi connectivity index (χ2v) is 29.9. The topological polar surface area (TPSA) is 92.8 Å². The van der Waals surface area contributed by atoms with E-state index in [-0.39, 0.29) is 0 Å². The van der Waals surface area contributed by atoms with Crippen molar-refractivity contribution < 1.29 is 42.6 Å². The van der Waals surface area contributed by atoms with Gasteiger partial charge in [0.1, 0.15) is 0 Å². The Balaban J connectivity index is -0.00000146. The summed E-state index contributed by atoms with van der Waals surface area (Å²) < 4.78 is 53.3. The monoisotopic (exact) mass is 1460 g/mol. The van der Waals surface area contributed by atoms with Gasteiger partial charge < -0.3 is 42.6 Å². The molecule has 0 amide bonds. The molecule has 102 heavy (non-hydrogen) atoms. The number of unbranched alkanes of at least 4 members (excludes halogenated alkanes) is 45. The highest BCUT2D eigenvalue weighted by Gasteiger charge is 2.10. The van der Waals surface area contributed by atoms with Crippen molar-refractivity contribution in [2.24, 2.45) is 0 Å². The summed E-state index contributed by atoms with van der Waals surface area (Å²) in [5.41, 5.74) is 0.